The van der Waals surface area contributed by atoms with Gasteiger partial charge in [0.05, 0.1) is 13.5 Å². The van der Waals surface area contributed by atoms with Crippen LogP contribution in [0.5, 0.6) is 5.75 Å². The van der Waals surface area contributed by atoms with Crippen molar-refractivity contribution in [2.45, 2.75) is 25.3 Å². The van der Waals surface area contributed by atoms with Gasteiger partial charge in [-0.15, -0.1) is 0 Å². The second-order valence-electron chi connectivity index (χ2n) is 4.77. The summed E-state index contributed by atoms with van der Waals surface area (Å²) in [5.74, 6) is 0.974. The summed E-state index contributed by atoms with van der Waals surface area (Å²) in [5, 5.41) is 0. The van der Waals surface area contributed by atoms with E-state index in [-0.39, 0.29) is 11.9 Å². The van der Waals surface area contributed by atoms with Gasteiger partial charge in [-0.1, -0.05) is 12.1 Å². The number of rotatable bonds is 3. The highest BCUT2D eigenvalue weighted by Crippen LogP contribution is 2.14. The topological polar surface area (TPSA) is 55.6 Å². The Bertz CT molecular complexity index is 403. The van der Waals surface area contributed by atoms with Crippen LogP contribution in [0.4, 0.5) is 0 Å². The minimum atomic E-state index is 0.138. The van der Waals surface area contributed by atoms with Crippen LogP contribution in [-0.4, -0.2) is 37.0 Å². The molecule has 98 valence electrons. The molecule has 1 aliphatic heterocycles. The Morgan fingerprint density at radius 2 is 2.17 bits per heavy atom. The smallest absolute Gasteiger partial charge is 0.227 e. The lowest BCUT2D eigenvalue weighted by Gasteiger charge is -2.30. The number of methoxy groups -OCH3 is 1. The lowest BCUT2D eigenvalue weighted by molar-refractivity contribution is -0.131. The van der Waals surface area contributed by atoms with Crippen molar-refractivity contribution in [1.29, 1.82) is 0 Å². The van der Waals surface area contributed by atoms with Gasteiger partial charge in [-0.2, -0.15) is 0 Å². The van der Waals surface area contributed by atoms with Crippen molar-refractivity contribution in [2.75, 3.05) is 20.2 Å². The van der Waals surface area contributed by atoms with E-state index in [4.69, 9.17) is 10.5 Å². The van der Waals surface area contributed by atoms with Gasteiger partial charge >= 0.3 is 0 Å². The third-order valence-electron chi connectivity index (χ3n) is 3.32. The van der Waals surface area contributed by atoms with Crippen LogP contribution in [0.3, 0.4) is 0 Å². The first kappa shape index (κ1) is 12.9. The Morgan fingerprint density at radius 3 is 2.78 bits per heavy atom. The van der Waals surface area contributed by atoms with Gasteiger partial charge in [-0.05, 0) is 30.5 Å². The maximum atomic E-state index is 12.1. The summed E-state index contributed by atoms with van der Waals surface area (Å²) in [7, 11) is 1.63. The number of benzene rings is 1. The van der Waals surface area contributed by atoms with Crippen LogP contribution in [0.25, 0.3) is 0 Å². The summed E-state index contributed by atoms with van der Waals surface area (Å²) in [6, 6.07) is 7.76. The number of nitrogens with zero attached hydrogens (tertiary/aromatic N) is 1. The molecule has 0 unspecified atom stereocenters. The Labute approximate surface area is 108 Å². The van der Waals surface area contributed by atoms with Gasteiger partial charge in [0.25, 0.3) is 0 Å². The average Bonchev–Trinajstić information content (AvgIpc) is 2.39. The third-order valence-corrected chi connectivity index (χ3v) is 3.32. The Morgan fingerprint density at radius 1 is 1.44 bits per heavy atom. The molecule has 4 heteroatoms. The normalized spacial score (nSPS) is 19.7. The molecular formula is C14H20N2O2. The Balaban J connectivity index is 1.93. The van der Waals surface area contributed by atoms with Gasteiger partial charge in [0, 0.05) is 19.1 Å². The number of likely N-dealkylation sites (tertiary alicyclic amines) is 1. The molecule has 0 radical (unpaired) electrons. The van der Waals surface area contributed by atoms with Crippen molar-refractivity contribution in [1.82, 2.24) is 4.90 Å². The molecule has 1 heterocycles. The van der Waals surface area contributed by atoms with Crippen LogP contribution in [0.15, 0.2) is 24.3 Å². The maximum Gasteiger partial charge on any atom is 0.227 e. The predicted molar refractivity (Wildman–Crippen MR) is 70.5 cm³/mol. The minimum Gasteiger partial charge on any atom is -0.497 e. The number of carbonyl (C=O) groups is 1. The van der Waals surface area contributed by atoms with E-state index in [0.717, 1.165) is 30.7 Å². The van der Waals surface area contributed by atoms with Gasteiger partial charge in [-0.3, -0.25) is 4.79 Å². The van der Waals surface area contributed by atoms with Crippen molar-refractivity contribution in [3.05, 3.63) is 29.8 Å². The first-order valence-electron chi connectivity index (χ1n) is 6.35. The summed E-state index contributed by atoms with van der Waals surface area (Å²) in [6.45, 7) is 1.53. The van der Waals surface area contributed by atoms with Gasteiger partial charge in [0.1, 0.15) is 5.75 Å². The highest BCUT2D eigenvalue weighted by Gasteiger charge is 2.21. The van der Waals surface area contributed by atoms with E-state index in [9.17, 15) is 4.79 Å². The van der Waals surface area contributed by atoms with Crippen LogP contribution >= 0.6 is 0 Å². The zero-order chi connectivity index (χ0) is 13.0. The van der Waals surface area contributed by atoms with Crippen LogP contribution in [0.1, 0.15) is 18.4 Å². The quantitative estimate of drug-likeness (QED) is 0.874. The molecule has 0 bridgehead atoms. The fourth-order valence-corrected chi connectivity index (χ4v) is 2.27. The first-order valence-corrected chi connectivity index (χ1v) is 6.35. The maximum absolute atomic E-state index is 12.1. The lowest BCUT2D eigenvalue weighted by Crippen LogP contribution is -2.46. The van der Waals surface area contributed by atoms with Gasteiger partial charge in [0.2, 0.25) is 5.91 Å². The SMILES string of the molecule is COc1ccc(CC(=O)N2CCC[C@@H](N)C2)cc1. The van der Waals surface area contributed by atoms with E-state index in [2.05, 4.69) is 0 Å². The second kappa shape index (κ2) is 5.87. The van der Waals surface area contributed by atoms with Crippen molar-refractivity contribution >= 4 is 5.91 Å². The van der Waals surface area contributed by atoms with Crippen molar-refractivity contribution in [3.8, 4) is 5.75 Å². The van der Waals surface area contributed by atoms with Gasteiger partial charge in [0.15, 0.2) is 0 Å². The number of ether oxygens (including phenoxy) is 1. The molecule has 0 aliphatic carbocycles. The Kier molecular flexibility index (Phi) is 4.20. The summed E-state index contributed by atoms with van der Waals surface area (Å²) in [6.07, 6.45) is 2.47. The lowest BCUT2D eigenvalue weighted by atomic mass is 10.1. The minimum absolute atomic E-state index is 0.138. The fourth-order valence-electron chi connectivity index (χ4n) is 2.27. The molecule has 18 heavy (non-hydrogen) atoms. The van der Waals surface area contributed by atoms with Crippen LogP contribution < -0.4 is 10.5 Å². The molecule has 4 nitrogen and oxygen atoms in total. The molecule has 0 saturated carbocycles. The molecule has 2 rings (SSSR count). The average molecular weight is 248 g/mol. The monoisotopic (exact) mass is 248 g/mol. The number of nitrogens with two attached hydrogens (primary N) is 1. The number of hydrogen-bond acceptors (Lipinski definition) is 3. The van der Waals surface area contributed by atoms with Crippen molar-refractivity contribution < 1.29 is 9.53 Å². The van der Waals surface area contributed by atoms with E-state index < -0.39 is 0 Å². The van der Waals surface area contributed by atoms with Crippen LogP contribution in [0, 0.1) is 0 Å². The molecule has 1 fully saturated rings. The van der Waals surface area contributed by atoms with E-state index in [1.807, 2.05) is 29.2 Å². The van der Waals surface area contributed by atoms with Crippen LogP contribution in [0.2, 0.25) is 0 Å². The summed E-state index contributed by atoms with van der Waals surface area (Å²) < 4.78 is 5.09. The third kappa shape index (κ3) is 3.23. The van der Waals surface area contributed by atoms with Crippen LogP contribution in [-0.2, 0) is 11.2 Å². The molecule has 1 saturated heterocycles. The zero-order valence-electron chi connectivity index (χ0n) is 10.8. The highest BCUT2D eigenvalue weighted by molar-refractivity contribution is 5.79. The number of piperidine rings is 1. The van der Waals surface area contributed by atoms with Gasteiger partial charge in [-0.25, -0.2) is 0 Å². The molecule has 1 aromatic rings. The predicted octanol–water partition coefficient (Wildman–Crippen LogP) is 1.19. The van der Waals surface area contributed by atoms with Crippen molar-refractivity contribution in [3.63, 3.8) is 0 Å². The van der Waals surface area contributed by atoms with Crippen molar-refractivity contribution in [2.24, 2.45) is 5.73 Å². The number of amides is 1. The molecule has 0 spiro atoms. The number of hydrogen-bond donors (Lipinski definition) is 1. The molecule has 1 aliphatic rings. The molecule has 1 aromatic carbocycles. The second-order valence-corrected chi connectivity index (χ2v) is 4.77. The highest BCUT2D eigenvalue weighted by atomic mass is 16.5. The first-order chi connectivity index (χ1) is 8.69. The summed E-state index contributed by atoms with van der Waals surface area (Å²) in [4.78, 5) is 14.0. The van der Waals surface area contributed by atoms with E-state index in [0.29, 0.717) is 13.0 Å². The van der Waals surface area contributed by atoms with E-state index in [1.165, 1.54) is 0 Å². The molecule has 0 aromatic heterocycles. The molecule has 1 atom stereocenters. The number of carbonyl (C=O) groups excluding carboxylic acids is 1. The fraction of sp³-hybridized carbons (Fsp3) is 0.500. The van der Waals surface area contributed by atoms with E-state index >= 15 is 0 Å². The standard InChI is InChI=1S/C14H20N2O2/c1-18-13-6-4-11(5-7-13)9-14(17)16-8-2-3-12(15)10-16/h4-7,12H,2-3,8-10,15H2,1H3/t12-/m1/s1. The largest absolute Gasteiger partial charge is 0.497 e. The molecular weight excluding hydrogens is 228 g/mol. The summed E-state index contributed by atoms with van der Waals surface area (Å²) >= 11 is 0. The summed E-state index contributed by atoms with van der Waals surface area (Å²) in [5.41, 5.74) is 6.90. The zero-order valence-corrected chi connectivity index (χ0v) is 10.8. The van der Waals surface area contributed by atoms with Gasteiger partial charge < -0.3 is 15.4 Å². The van der Waals surface area contributed by atoms with E-state index in [1.54, 1.807) is 7.11 Å². The molecule has 2 N–H and O–H groups in total. The molecule has 1 amide bonds. The Hall–Kier alpha value is -1.55.